The number of ether oxygens (including phenoxy) is 1. The first-order chi connectivity index (χ1) is 53.1. The number of hydrogen-bond donors (Lipinski definition) is 0. The van der Waals surface area contributed by atoms with E-state index in [9.17, 15) is 0 Å². The normalized spacial score (nSPS) is 13.0. The lowest BCUT2D eigenvalue weighted by molar-refractivity contribution is 0.488. The maximum absolute atomic E-state index is 8.04. The number of nitrogens with zero attached hydrogens (tertiary/aromatic N) is 5. The summed E-state index contributed by atoms with van der Waals surface area (Å²) in [5.41, 5.74) is 25.6. The van der Waals surface area contributed by atoms with Crippen molar-refractivity contribution in [3.8, 4) is 22.6 Å². The molecular weight excluding hydrogens is 1360 g/mol. The zero-order valence-electron chi connectivity index (χ0n) is 57.6. The van der Waals surface area contributed by atoms with Gasteiger partial charge in [0.25, 0.3) is 13.4 Å². The van der Waals surface area contributed by atoms with E-state index in [2.05, 4.69) is 382 Å². The highest BCUT2D eigenvalue weighted by Crippen LogP contribution is 2.56. The fraction of sp³-hybridized carbons (Fsp3) is 0. The molecule has 0 saturated carbocycles. The highest BCUT2D eigenvalue weighted by Gasteiger charge is 2.49. The van der Waals surface area contributed by atoms with Crippen LogP contribution in [-0.4, -0.2) is 13.4 Å². The van der Waals surface area contributed by atoms with Crippen molar-refractivity contribution in [2.75, 3.05) is 24.5 Å². The third-order valence-electron chi connectivity index (χ3n) is 22.4. The smallest absolute Gasteiger partial charge is 0.256 e. The number of para-hydroxylation sites is 6. The molecule has 3 aromatic heterocycles. The number of thiophene rings is 3. The molecular formula is C96H59B2N5OS3. The SMILES string of the molecule is c1ccc(-c2ccccc2N2c3cc4c(cc3B3c5ccccc5N(c5cccc6c5sc5ccccc56)c5cc(N(c6ccccc6)c6cccc7c6sc6ccccc67)cc2c53)B2c3ccccc3N(c3cccc5c3sc3ccccc35)c3cc(N(c5ccccc5)c5ccccc5)cc(c32)O4)cc1. The summed E-state index contributed by atoms with van der Waals surface area (Å²) < 4.78 is 15.5. The van der Waals surface area contributed by atoms with Crippen molar-refractivity contribution in [2.45, 2.75) is 0 Å². The summed E-state index contributed by atoms with van der Waals surface area (Å²) in [6, 6.07) is 133. The minimum atomic E-state index is -0.255. The van der Waals surface area contributed by atoms with Crippen LogP contribution in [0.3, 0.4) is 0 Å². The highest BCUT2D eigenvalue weighted by molar-refractivity contribution is 7.27. The van der Waals surface area contributed by atoms with E-state index in [1.807, 2.05) is 34.0 Å². The molecule has 0 unspecified atom stereocenters. The van der Waals surface area contributed by atoms with Crippen LogP contribution in [0.25, 0.3) is 71.6 Å². The minimum absolute atomic E-state index is 0.246. The van der Waals surface area contributed by atoms with Crippen molar-refractivity contribution in [2.24, 2.45) is 0 Å². The van der Waals surface area contributed by atoms with E-state index in [1.165, 1.54) is 82.4 Å². The Hall–Kier alpha value is -12.9. The molecule has 0 amide bonds. The average Bonchev–Trinajstić information content (AvgIpc) is 0.916. The number of fused-ring (bicyclic) bond motifs is 17. The van der Waals surface area contributed by atoms with E-state index < -0.39 is 0 Å². The second-order valence-electron chi connectivity index (χ2n) is 28.1. The third kappa shape index (κ3) is 9.12. The van der Waals surface area contributed by atoms with Gasteiger partial charge >= 0.3 is 0 Å². The number of anilines is 15. The molecule has 6 nitrogen and oxygen atoms in total. The Morgan fingerprint density at radius 2 is 0.645 bits per heavy atom. The van der Waals surface area contributed by atoms with Crippen molar-refractivity contribution in [1.29, 1.82) is 0 Å². The molecule has 0 radical (unpaired) electrons. The van der Waals surface area contributed by atoms with Gasteiger partial charge in [0.2, 0.25) is 0 Å². The average molecular weight is 1420 g/mol. The molecule has 23 rings (SSSR count). The van der Waals surface area contributed by atoms with Crippen LogP contribution in [0.4, 0.5) is 85.3 Å². The summed E-state index contributed by atoms with van der Waals surface area (Å²) in [4.78, 5) is 12.7. The molecule has 498 valence electrons. The van der Waals surface area contributed by atoms with E-state index in [0.29, 0.717) is 0 Å². The Morgan fingerprint density at radius 1 is 0.243 bits per heavy atom. The van der Waals surface area contributed by atoms with Crippen LogP contribution >= 0.6 is 34.0 Å². The number of benzene rings is 16. The van der Waals surface area contributed by atoms with Crippen molar-refractivity contribution in [3.63, 3.8) is 0 Å². The highest BCUT2D eigenvalue weighted by atomic mass is 32.1. The van der Waals surface area contributed by atoms with Crippen LogP contribution < -0.4 is 62.0 Å². The Bertz CT molecular complexity index is 6840. The predicted molar refractivity (Wildman–Crippen MR) is 460 cm³/mol. The van der Waals surface area contributed by atoms with E-state index in [-0.39, 0.29) is 13.4 Å². The second kappa shape index (κ2) is 23.8. The summed E-state index contributed by atoms with van der Waals surface area (Å²) >= 11 is 5.62. The predicted octanol–water partition coefficient (Wildman–Crippen LogP) is 23.9. The summed E-state index contributed by atoms with van der Waals surface area (Å²) in [6.45, 7) is -0.501. The molecule has 0 atom stereocenters. The molecule has 4 aliphatic rings. The summed E-state index contributed by atoms with van der Waals surface area (Å²) in [5, 5.41) is 7.52. The van der Waals surface area contributed by atoms with Gasteiger partial charge in [-0.25, -0.2) is 0 Å². The van der Waals surface area contributed by atoms with Gasteiger partial charge in [0.05, 0.1) is 48.2 Å². The van der Waals surface area contributed by atoms with Crippen LogP contribution in [0.15, 0.2) is 358 Å². The molecule has 11 heteroatoms. The van der Waals surface area contributed by atoms with Crippen molar-refractivity contribution < 1.29 is 4.74 Å². The third-order valence-corrected chi connectivity index (χ3v) is 26.0. The van der Waals surface area contributed by atoms with E-state index in [0.717, 1.165) is 119 Å². The fourth-order valence-corrected chi connectivity index (χ4v) is 21.6. The van der Waals surface area contributed by atoms with Gasteiger partial charge in [0.1, 0.15) is 11.5 Å². The van der Waals surface area contributed by atoms with Crippen LogP contribution in [0.5, 0.6) is 11.5 Å². The van der Waals surface area contributed by atoms with Gasteiger partial charge in [-0.2, -0.15) is 0 Å². The monoisotopic (exact) mass is 1420 g/mol. The first-order valence-corrected chi connectivity index (χ1v) is 39.0. The van der Waals surface area contributed by atoms with Crippen LogP contribution in [0, 0.1) is 0 Å². The molecule has 0 bridgehead atoms. The lowest BCUT2D eigenvalue weighted by atomic mass is 9.30. The first kappa shape index (κ1) is 60.5. The van der Waals surface area contributed by atoms with Gasteiger partial charge in [-0.15, -0.1) is 34.0 Å². The zero-order chi connectivity index (χ0) is 70.0. The fourth-order valence-electron chi connectivity index (χ4n) is 18.0. The molecule has 0 saturated heterocycles. The van der Waals surface area contributed by atoms with Crippen LogP contribution in [0.2, 0.25) is 0 Å². The maximum atomic E-state index is 8.04. The Labute approximate surface area is 631 Å². The van der Waals surface area contributed by atoms with Gasteiger partial charge in [0, 0.05) is 115 Å². The molecule has 0 spiro atoms. The van der Waals surface area contributed by atoms with Gasteiger partial charge in [-0.1, -0.05) is 237 Å². The van der Waals surface area contributed by atoms with Crippen molar-refractivity contribution in [3.05, 3.63) is 358 Å². The van der Waals surface area contributed by atoms with Gasteiger partial charge in [-0.05, 0) is 148 Å². The molecule has 107 heavy (non-hydrogen) atoms. The molecule has 0 fully saturated rings. The lowest BCUT2D eigenvalue weighted by Gasteiger charge is -2.46. The molecule has 16 aromatic carbocycles. The molecule has 0 aliphatic carbocycles. The largest absolute Gasteiger partial charge is 0.458 e. The van der Waals surface area contributed by atoms with Gasteiger partial charge in [0.15, 0.2) is 0 Å². The first-order valence-electron chi connectivity index (χ1n) is 36.5. The minimum Gasteiger partial charge on any atom is -0.458 e. The van der Waals surface area contributed by atoms with Crippen LogP contribution in [0.1, 0.15) is 0 Å². The van der Waals surface area contributed by atoms with Crippen molar-refractivity contribution in [1.82, 2.24) is 0 Å². The number of hydrogen-bond acceptors (Lipinski definition) is 9. The topological polar surface area (TPSA) is 25.4 Å². The van der Waals surface area contributed by atoms with E-state index in [1.54, 1.807) is 0 Å². The Kier molecular flexibility index (Phi) is 13.5. The Morgan fingerprint density at radius 3 is 1.21 bits per heavy atom. The molecule has 19 aromatic rings. The quantitative estimate of drug-likeness (QED) is 0.127. The van der Waals surface area contributed by atoms with Crippen LogP contribution in [-0.2, 0) is 0 Å². The standard InChI is InChI=1S/C96H59B2N5OS3/c1-5-28-60(29-6-1)66-36-13-19-45-77(66)101-83-59-87-76(98-74-44-18-21-47-79(74)103(82-50-27-42-72-69-39-16-24-53-91(69)107-96(72)82)86-56-65(57-88(104-87)93(86)98)99(61-30-7-2-8-31-61)62-32-9-3-10-33-62)58-75(83)97-73-43-17-20-46-78(73)102(81-49-26-41-71-68-38-15-23-52-90(68)106-95(71)81)85-55-64(54-84(101)92(85)97)100(63-34-11-4-12-35-63)80-48-25-40-70-67-37-14-22-51-89(67)105-94(70)80/h1-59H. The van der Waals surface area contributed by atoms with Gasteiger partial charge in [-0.3, -0.25) is 0 Å². The number of rotatable bonds is 10. The van der Waals surface area contributed by atoms with Gasteiger partial charge < -0.3 is 29.2 Å². The molecule has 0 N–H and O–H groups in total. The van der Waals surface area contributed by atoms with E-state index in [4.69, 9.17) is 4.74 Å². The lowest BCUT2D eigenvalue weighted by Crippen LogP contribution is -2.64. The summed E-state index contributed by atoms with van der Waals surface area (Å²) in [6.07, 6.45) is 0. The van der Waals surface area contributed by atoms with E-state index >= 15 is 0 Å². The Balaban J connectivity index is 0.831. The zero-order valence-corrected chi connectivity index (χ0v) is 60.0. The molecule has 4 aliphatic heterocycles. The summed E-state index contributed by atoms with van der Waals surface area (Å²) in [5.74, 6) is 1.63. The molecule has 7 heterocycles. The maximum Gasteiger partial charge on any atom is 0.256 e. The van der Waals surface area contributed by atoms with Crippen molar-refractivity contribution >= 4 is 226 Å². The summed E-state index contributed by atoms with van der Waals surface area (Å²) in [7, 11) is 0. The second-order valence-corrected chi connectivity index (χ2v) is 31.3.